The van der Waals surface area contributed by atoms with E-state index in [0.29, 0.717) is 19.6 Å². The number of nitrogens with zero attached hydrogens (tertiary/aromatic N) is 1. The first-order chi connectivity index (χ1) is 11.6. The highest BCUT2D eigenvalue weighted by atomic mass is 32.2. The second-order valence-electron chi connectivity index (χ2n) is 5.37. The van der Waals surface area contributed by atoms with E-state index in [0.717, 1.165) is 22.2 Å². The van der Waals surface area contributed by atoms with Crippen LogP contribution in [-0.4, -0.2) is 38.6 Å². The van der Waals surface area contributed by atoms with E-state index in [2.05, 4.69) is 14.7 Å². The van der Waals surface area contributed by atoms with Crippen molar-refractivity contribution in [3.63, 3.8) is 0 Å². The number of pyridine rings is 1. The van der Waals surface area contributed by atoms with Gasteiger partial charge < -0.3 is 9.72 Å². The molecule has 0 aliphatic carbocycles. The Kier molecular flexibility index (Phi) is 4.94. The summed E-state index contributed by atoms with van der Waals surface area (Å²) in [5.41, 5.74) is 2.77. The Morgan fingerprint density at radius 2 is 1.96 bits per heavy atom. The third-order valence-corrected chi connectivity index (χ3v) is 5.23. The van der Waals surface area contributed by atoms with Crippen LogP contribution in [0.15, 0.2) is 53.7 Å². The summed E-state index contributed by atoms with van der Waals surface area (Å²) in [6.07, 6.45) is 4.20. The smallest absolute Gasteiger partial charge is 0.240 e. The third-order valence-electron chi connectivity index (χ3n) is 3.75. The summed E-state index contributed by atoms with van der Waals surface area (Å²) in [6.45, 7) is 0.877. The third kappa shape index (κ3) is 3.48. The largest absolute Gasteiger partial charge is 0.385 e. The maximum Gasteiger partial charge on any atom is 0.240 e. The summed E-state index contributed by atoms with van der Waals surface area (Å²) in [5.74, 6) is 0. The van der Waals surface area contributed by atoms with Crippen LogP contribution in [0.4, 0.5) is 0 Å². The predicted molar refractivity (Wildman–Crippen MR) is 93.2 cm³/mol. The number of rotatable bonds is 7. The van der Waals surface area contributed by atoms with E-state index in [1.54, 1.807) is 25.4 Å². The number of nitrogens with one attached hydrogen (secondary N) is 2. The van der Waals surface area contributed by atoms with Gasteiger partial charge in [-0.3, -0.25) is 0 Å². The Morgan fingerprint density at radius 3 is 2.71 bits per heavy atom. The number of H-pyrrole nitrogens is 1. The van der Waals surface area contributed by atoms with Crippen LogP contribution >= 0.6 is 0 Å². The summed E-state index contributed by atoms with van der Waals surface area (Å²) in [6, 6.07) is 10.7. The molecule has 0 amide bonds. The first kappa shape index (κ1) is 16.6. The number of benzene rings is 1. The lowest BCUT2D eigenvalue weighted by atomic mass is 10.0. The molecular formula is C17H19N3O3S. The van der Waals surface area contributed by atoms with Crippen molar-refractivity contribution in [3.05, 3.63) is 48.8 Å². The van der Waals surface area contributed by atoms with Gasteiger partial charge in [0.25, 0.3) is 0 Å². The van der Waals surface area contributed by atoms with Gasteiger partial charge in [0.1, 0.15) is 5.65 Å². The number of ether oxygens (including phenoxy) is 1. The van der Waals surface area contributed by atoms with Crippen LogP contribution in [0.1, 0.15) is 6.42 Å². The van der Waals surface area contributed by atoms with E-state index >= 15 is 0 Å². The van der Waals surface area contributed by atoms with E-state index in [9.17, 15) is 8.42 Å². The summed E-state index contributed by atoms with van der Waals surface area (Å²) in [4.78, 5) is 7.59. The van der Waals surface area contributed by atoms with Crippen molar-refractivity contribution in [1.29, 1.82) is 0 Å². The van der Waals surface area contributed by atoms with Gasteiger partial charge in [-0.15, -0.1) is 0 Å². The molecule has 3 aromatic rings. The van der Waals surface area contributed by atoms with Crippen LogP contribution in [0.25, 0.3) is 22.2 Å². The Morgan fingerprint density at radius 1 is 1.17 bits per heavy atom. The molecule has 0 radical (unpaired) electrons. The van der Waals surface area contributed by atoms with Gasteiger partial charge in [-0.25, -0.2) is 18.1 Å². The molecule has 0 bridgehead atoms. The lowest BCUT2D eigenvalue weighted by Crippen LogP contribution is -2.25. The van der Waals surface area contributed by atoms with Gasteiger partial charge in [0.05, 0.1) is 4.90 Å². The predicted octanol–water partition coefficient (Wildman–Crippen LogP) is 2.54. The molecule has 1 aromatic carbocycles. The molecule has 24 heavy (non-hydrogen) atoms. The number of sulfonamides is 1. The van der Waals surface area contributed by atoms with Crippen molar-refractivity contribution < 1.29 is 13.2 Å². The van der Waals surface area contributed by atoms with Crippen LogP contribution in [0.3, 0.4) is 0 Å². The highest BCUT2D eigenvalue weighted by Gasteiger charge is 2.13. The Bertz CT molecular complexity index is 918. The quantitative estimate of drug-likeness (QED) is 0.645. The number of methoxy groups -OCH3 is 1. The van der Waals surface area contributed by atoms with Crippen LogP contribution in [0.5, 0.6) is 0 Å². The molecule has 2 heterocycles. The van der Waals surface area contributed by atoms with Gasteiger partial charge >= 0.3 is 0 Å². The second-order valence-corrected chi connectivity index (χ2v) is 7.13. The number of aromatic amines is 1. The molecule has 0 saturated carbocycles. The van der Waals surface area contributed by atoms with Crippen molar-refractivity contribution in [2.45, 2.75) is 11.3 Å². The molecule has 0 fully saturated rings. The van der Waals surface area contributed by atoms with Crippen molar-refractivity contribution >= 4 is 21.1 Å². The average Bonchev–Trinajstić information content (AvgIpc) is 3.07. The van der Waals surface area contributed by atoms with Crippen LogP contribution in [0.2, 0.25) is 0 Å². The zero-order valence-electron chi connectivity index (χ0n) is 13.3. The van der Waals surface area contributed by atoms with E-state index in [1.807, 2.05) is 30.5 Å². The summed E-state index contributed by atoms with van der Waals surface area (Å²) in [5, 5.41) is 1.01. The summed E-state index contributed by atoms with van der Waals surface area (Å²) >= 11 is 0. The topological polar surface area (TPSA) is 84.1 Å². The molecule has 126 valence electrons. The van der Waals surface area contributed by atoms with Crippen LogP contribution < -0.4 is 4.72 Å². The molecular weight excluding hydrogens is 326 g/mol. The van der Waals surface area contributed by atoms with Crippen LogP contribution in [-0.2, 0) is 14.8 Å². The fraction of sp³-hybridized carbons (Fsp3) is 0.235. The zero-order chi connectivity index (χ0) is 17.0. The molecule has 3 rings (SSSR count). The minimum Gasteiger partial charge on any atom is -0.385 e. The fourth-order valence-corrected chi connectivity index (χ4v) is 3.61. The molecule has 0 saturated heterocycles. The standard InChI is InChI=1S/C17H19N3O3S/c1-23-12-2-9-20-24(21,22)14-5-3-13(4-6-14)15-7-10-18-17-16(15)8-11-19-17/h3-8,10-11,20H,2,9,12H2,1H3,(H,18,19). The van der Waals surface area contributed by atoms with E-state index < -0.39 is 10.0 Å². The molecule has 6 nitrogen and oxygen atoms in total. The minimum absolute atomic E-state index is 0.253. The Labute approximate surface area is 140 Å². The van der Waals surface area contributed by atoms with Gasteiger partial charge in [-0.1, -0.05) is 12.1 Å². The zero-order valence-corrected chi connectivity index (χ0v) is 14.1. The van der Waals surface area contributed by atoms with E-state index in [4.69, 9.17) is 4.74 Å². The first-order valence-electron chi connectivity index (χ1n) is 7.63. The second kappa shape index (κ2) is 7.12. The molecule has 2 aromatic heterocycles. The number of fused-ring (bicyclic) bond motifs is 1. The highest BCUT2D eigenvalue weighted by Crippen LogP contribution is 2.27. The van der Waals surface area contributed by atoms with Gasteiger partial charge in [0, 0.05) is 38.0 Å². The normalized spacial score (nSPS) is 11.9. The Hall–Kier alpha value is -2.22. The van der Waals surface area contributed by atoms with Gasteiger partial charge in [-0.05, 0) is 41.8 Å². The molecule has 0 aliphatic heterocycles. The molecule has 0 spiro atoms. The van der Waals surface area contributed by atoms with E-state index in [-0.39, 0.29) is 4.90 Å². The SMILES string of the molecule is COCCCNS(=O)(=O)c1ccc(-c2ccnc3[nH]ccc23)cc1. The van der Waals surface area contributed by atoms with Gasteiger partial charge in [0.15, 0.2) is 0 Å². The minimum atomic E-state index is -3.50. The monoisotopic (exact) mass is 345 g/mol. The van der Waals surface area contributed by atoms with Gasteiger partial charge in [0.2, 0.25) is 10.0 Å². The summed E-state index contributed by atoms with van der Waals surface area (Å²) in [7, 11) is -1.90. The van der Waals surface area contributed by atoms with E-state index in [1.165, 1.54) is 0 Å². The molecule has 2 N–H and O–H groups in total. The van der Waals surface area contributed by atoms with Crippen LogP contribution in [0, 0.1) is 0 Å². The maximum atomic E-state index is 12.2. The first-order valence-corrected chi connectivity index (χ1v) is 9.11. The highest BCUT2D eigenvalue weighted by molar-refractivity contribution is 7.89. The van der Waals surface area contributed by atoms with Gasteiger partial charge in [-0.2, -0.15) is 0 Å². The fourth-order valence-electron chi connectivity index (χ4n) is 2.53. The molecule has 0 atom stereocenters. The summed E-state index contributed by atoms with van der Waals surface area (Å²) < 4.78 is 32.0. The number of hydrogen-bond acceptors (Lipinski definition) is 4. The van der Waals surface area contributed by atoms with Crippen molar-refractivity contribution in [3.8, 4) is 11.1 Å². The van der Waals surface area contributed by atoms with Crippen molar-refractivity contribution in [2.24, 2.45) is 0 Å². The number of hydrogen-bond donors (Lipinski definition) is 2. The molecule has 0 aliphatic rings. The lowest BCUT2D eigenvalue weighted by molar-refractivity contribution is 0.196. The lowest BCUT2D eigenvalue weighted by Gasteiger charge is -2.08. The molecule has 0 unspecified atom stereocenters. The maximum absolute atomic E-state index is 12.2. The van der Waals surface area contributed by atoms with Crippen molar-refractivity contribution in [1.82, 2.24) is 14.7 Å². The van der Waals surface area contributed by atoms with Crippen molar-refractivity contribution in [2.75, 3.05) is 20.3 Å². The average molecular weight is 345 g/mol. The Balaban J connectivity index is 1.82. The molecule has 7 heteroatoms. The number of aromatic nitrogens is 2.